The van der Waals surface area contributed by atoms with Crippen LogP contribution in [0.1, 0.15) is 17.0 Å². The van der Waals surface area contributed by atoms with Gasteiger partial charge in [-0.2, -0.15) is 5.10 Å². The largest absolute Gasteiger partial charge is 0.361 e. The van der Waals surface area contributed by atoms with Crippen molar-refractivity contribution in [2.45, 2.75) is 20.4 Å². The number of hydrogen-bond acceptors (Lipinski definition) is 4. The predicted octanol–water partition coefficient (Wildman–Crippen LogP) is 2.00. The molecular weight excluding hydrogens is 240 g/mol. The lowest BCUT2D eigenvalue weighted by Crippen LogP contribution is -2.02. The highest BCUT2D eigenvalue weighted by Crippen LogP contribution is 2.15. The van der Waals surface area contributed by atoms with E-state index in [1.165, 1.54) is 0 Å². The summed E-state index contributed by atoms with van der Waals surface area (Å²) in [5, 5.41) is 10.1. The average Bonchev–Trinajstić information content (AvgIpc) is 2.79. The summed E-state index contributed by atoms with van der Waals surface area (Å²) in [4.78, 5) is 10.7. The lowest BCUT2D eigenvalue weighted by Gasteiger charge is -2.00. The normalized spacial score (nSPS) is 10.5. The first-order valence-electron chi connectivity index (χ1n) is 5.00. The van der Waals surface area contributed by atoms with Crippen LogP contribution in [-0.2, 0) is 6.54 Å². The highest BCUT2D eigenvalue weighted by molar-refractivity contribution is 7.96. The molecule has 1 amide bonds. The van der Waals surface area contributed by atoms with Crippen molar-refractivity contribution in [2.75, 3.05) is 5.32 Å². The smallest absolute Gasteiger partial charge is 0.280 e. The van der Waals surface area contributed by atoms with Gasteiger partial charge in [0.15, 0.2) is 0 Å². The molecular formula is C10H12N4O2S. The van der Waals surface area contributed by atoms with E-state index >= 15 is 0 Å². The first-order chi connectivity index (χ1) is 8.06. The summed E-state index contributed by atoms with van der Waals surface area (Å²) in [6.45, 7) is 4.30. The van der Waals surface area contributed by atoms with Gasteiger partial charge in [-0.3, -0.25) is 9.48 Å². The van der Waals surface area contributed by atoms with Gasteiger partial charge in [0.05, 0.1) is 24.1 Å². The Labute approximate surface area is 103 Å². The van der Waals surface area contributed by atoms with Gasteiger partial charge in [-0.25, -0.2) is 0 Å². The average molecular weight is 252 g/mol. The van der Waals surface area contributed by atoms with Crippen molar-refractivity contribution < 1.29 is 9.32 Å². The maximum atomic E-state index is 10.7. The van der Waals surface area contributed by atoms with E-state index in [1.807, 2.05) is 13.8 Å². The number of carbonyl (C=O) groups excluding carboxylic acids is 1. The summed E-state index contributed by atoms with van der Waals surface area (Å²) in [7, 11) is 0. The molecule has 0 aliphatic rings. The van der Waals surface area contributed by atoms with Crippen LogP contribution in [0.3, 0.4) is 0 Å². The second-order valence-corrected chi connectivity index (χ2v) is 4.07. The minimum absolute atomic E-state index is 0.415. The van der Waals surface area contributed by atoms with Crippen molar-refractivity contribution in [2.24, 2.45) is 0 Å². The SMILES string of the molecule is Cc1noc(C)c1Cn1cc(NC(=O)S)cn1. The van der Waals surface area contributed by atoms with E-state index in [-0.39, 0.29) is 0 Å². The molecule has 6 nitrogen and oxygen atoms in total. The number of hydrogen-bond donors (Lipinski definition) is 2. The number of anilines is 1. The van der Waals surface area contributed by atoms with Crippen LogP contribution in [0.25, 0.3) is 0 Å². The maximum Gasteiger partial charge on any atom is 0.280 e. The number of aromatic nitrogens is 3. The number of nitrogens with zero attached hydrogens (tertiary/aromatic N) is 3. The topological polar surface area (TPSA) is 73.0 Å². The fraction of sp³-hybridized carbons (Fsp3) is 0.300. The molecule has 0 unspecified atom stereocenters. The van der Waals surface area contributed by atoms with Crippen LogP contribution in [0.4, 0.5) is 10.5 Å². The highest BCUT2D eigenvalue weighted by atomic mass is 32.1. The molecule has 7 heteroatoms. The van der Waals surface area contributed by atoms with Crippen LogP contribution in [-0.4, -0.2) is 20.2 Å². The van der Waals surface area contributed by atoms with E-state index in [1.54, 1.807) is 17.1 Å². The van der Waals surface area contributed by atoms with Crippen molar-refractivity contribution >= 4 is 23.6 Å². The van der Waals surface area contributed by atoms with Crippen LogP contribution >= 0.6 is 12.6 Å². The van der Waals surface area contributed by atoms with E-state index in [2.05, 4.69) is 28.2 Å². The van der Waals surface area contributed by atoms with Gasteiger partial charge in [0.1, 0.15) is 5.76 Å². The van der Waals surface area contributed by atoms with Gasteiger partial charge in [-0.1, -0.05) is 17.8 Å². The Kier molecular flexibility index (Phi) is 3.19. The number of nitrogens with one attached hydrogen (secondary N) is 1. The summed E-state index contributed by atoms with van der Waals surface area (Å²) in [5.41, 5.74) is 2.45. The van der Waals surface area contributed by atoms with Crippen LogP contribution < -0.4 is 5.32 Å². The number of thiol groups is 1. The summed E-state index contributed by atoms with van der Waals surface area (Å²) in [6.07, 6.45) is 3.28. The van der Waals surface area contributed by atoms with E-state index in [4.69, 9.17) is 4.52 Å². The number of carbonyl (C=O) groups is 1. The molecule has 0 aromatic carbocycles. The minimum Gasteiger partial charge on any atom is -0.361 e. The molecule has 0 fully saturated rings. The second-order valence-electron chi connectivity index (χ2n) is 3.66. The van der Waals surface area contributed by atoms with Crippen LogP contribution in [0.2, 0.25) is 0 Å². The molecule has 2 rings (SSSR count). The Balaban J connectivity index is 2.14. The Morgan fingerprint density at radius 1 is 1.59 bits per heavy atom. The van der Waals surface area contributed by atoms with Gasteiger partial charge in [0, 0.05) is 11.8 Å². The second kappa shape index (κ2) is 4.62. The van der Waals surface area contributed by atoms with Crippen LogP contribution in [0.5, 0.6) is 0 Å². The van der Waals surface area contributed by atoms with E-state index in [9.17, 15) is 4.79 Å². The lowest BCUT2D eigenvalue weighted by atomic mass is 10.2. The van der Waals surface area contributed by atoms with Crippen molar-refractivity contribution in [3.05, 3.63) is 29.4 Å². The third-order valence-corrected chi connectivity index (χ3v) is 2.50. The molecule has 0 saturated heterocycles. The van der Waals surface area contributed by atoms with Crippen molar-refractivity contribution in [3.8, 4) is 0 Å². The molecule has 0 radical (unpaired) electrons. The molecule has 0 aliphatic heterocycles. The van der Waals surface area contributed by atoms with E-state index in [0.29, 0.717) is 12.2 Å². The monoisotopic (exact) mass is 252 g/mol. The Morgan fingerprint density at radius 3 is 2.94 bits per heavy atom. The zero-order valence-electron chi connectivity index (χ0n) is 9.47. The number of amides is 1. The minimum atomic E-state index is -0.415. The Bertz CT molecular complexity index is 527. The van der Waals surface area contributed by atoms with Crippen molar-refractivity contribution in [1.29, 1.82) is 0 Å². The molecule has 0 atom stereocenters. The molecule has 2 aromatic rings. The number of aryl methyl sites for hydroxylation is 2. The standard InChI is InChI=1S/C10H12N4O2S/c1-6-9(7(2)16-13-6)5-14-4-8(3-11-14)12-10(15)17/h3-4H,5H2,1-2H3,(H2,12,15,17). The third-order valence-electron chi connectivity index (χ3n) is 2.39. The van der Waals surface area contributed by atoms with Gasteiger partial charge in [-0.15, -0.1) is 0 Å². The lowest BCUT2D eigenvalue weighted by molar-refractivity contribution is 0.270. The van der Waals surface area contributed by atoms with E-state index in [0.717, 1.165) is 17.0 Å². The molecule has 0 saturated carbocycles. The van der Waals surface area contributed by atoms with Crippen molar-refractivity contribution in [3.63, 3.8) is 0 Å². The van der Waals surface area contributed by atoms with Crippen LogP contribution in [0, 0.1) is 13.8 Å². The van der Waals surface area contributed by atoms with Crippen LogP contribution in [0.15, 0.2) is 16.9 Å². The zero-order chi connectivity index (χ0) is 12.4. The molecule has 2 aromatic heterocycles. The Hall–Kier alpha value is -1.76. The van der Waals surface area contributed by atoms with Gasteiger partial charge in [0.25, 0.3) is 5.24 Å². The summed E-state index contributed by atoms with van der Waals surface area (Å²) >= 11 is 3.63. The molecule has 0 bridgehead atoms. The van der Waals surface area contributed by atoms with Crippen molar-refractivity contribution in [1.82, 2.24) is 14.9 Å². The van der Waals surface area contributed by atoms with Gasteiger partial charge < -0.3 is 9.84 Å². The molecule has 90 valence electrons. The first-order valence-corrected chi connectivity index (χ1v) is 5.45. The van der Waals surface area contributed by atoms with E-state index < -0.39 is 5.24 Å². The van der Waals surface area contributed by atoms with Gasteiger partial charge in [-0.05, 0) is 13.8 Å². The fourth-order valence-corrected chi connectivity index (χ4v) is 1.66. The summed E-state index contributed by atoms with van der Waals surface area (Å²) in [5.74, 6) is 0.776. The summed E-state index contributed by atoms with van der Waals surface area (Å²) < 4.78 is 6.77. The zero-order valence-corrected chi connectivity index (χ0v) is 10.4. The van der Waals surface area contributed by atoms with Gasteiger partial charge in [0.2, 0.25) is 0 Å². The molecule has 0 aliphatic carbocycles. The Morgan fingerprint density at radius 2 is 2.35 bits per heavy atom. The predicted molar refractivity (Wildman–Crippen MR) is 65.3 cm³/mol. The molecule has 2 heterocycles. The third kappa shape index (κ3) is 2.68. The molecule has 0 spiro atoms. The first kappa shape index (κ1) is 11.7. The molecule has 17 heavy (non-hydrogen) atoms. The van der Waals surface area contributed by atoms with Gasteiger partial charge >= 0.3 is 0 Å². The fourth-order valence-electron chi connectivity index (χ4n) is 1.53. The summed E-state index contributed by atoms with van der Waals surface area (Å²) in [6, 6.07) is 0. The molecule has 1 N–H and O–H groups in total. The highest BCUT2D eigenvalue weighted by Gasteiger charge is 2.10. The quantitative estimate of drug-likeness (QED) is 0.819. The number of rotatable bonds is 3. The maximum absolute atomic E-state index is 10.7.